The lowest BCUT2D eigenvalue weighted by Crippen LogP contribution is -2.34. The second kappa shape index (κ2) is 9.15. The molecule has 3 rings (SSSR count). The van der Waals surface area contributed by atoms with E-state index in [1.54, 1.807) is 12.9 Å². The molecule has 1 aliphatic heterocycles. The van der Waals surface area contributed by atoms with Crippen LogP contribution in [0, 0.1) is 5.82 Å². The molecule has 0 spiro atoms. The molecule has 0 saturated carbocycles. The maximum atomic E-state index is 13.6. The minimum Gasteiger partial charge on any atom is -0.483 e. The van der Waals surface area contributed by atoms with E-state index >= 15 is 0 Å². The van der Waals surface area contributed by atoms with Crippen molar-refractivity contribution in [3.63, 3.8) is 0 Å². The summed E-state index contributed by atoms with van der Waals surface area (Å²) in [6, 6.07) is 9.32. The van der Waals surface area contributed by atoms with E-state index in [2.05, 4.69) is 5.32 Å². The van der Waals surface area contributed by atoms with Crippen LogP contribution in [0.15, 0.2) is 52.3 Å². The number of amides is 1. The molecular formula is C20H24BFN2O5S. The molecule has 0 aliphatic carbocycles. The van der Waals surface area contributed by atoms with Crippen LogP contribution in [0.4, 0.5) is 4.39 Å². The Labute approximate surface area is 175 Å². The van der Waals surface area contributed by atoms with Crippen molar-refractivity contribution >= 4 is 22.8 Å². The lowest BCUT2D eigenvalue weighted by atomic mass is 9.85. The SMILES string of the molecule is CNC(=O)COc1cc(S(=O)(=O)c2cccc(F)c2)ccc1C1CCN(B(C)O)C1. The van der Waals surface area contributed by atoms with Gasteiger partial charge in [0.15, 0.2) is 6.61 Å². The molecule has 7 nitrogen and oxygen atoms in total. The fraction of sp³-hybridized carbons (Fsp3) is 0.350. The van der Waals surface area contributed by atoms with Gasteiger partial charge in [0.05, 0.1) is 9.79 Å². The minimum absolute atomic E-state index is 0.0187. The molecule has 2 N–H and O–H groups in total. The monoisotopic (exact) mass is 434 g/mol. The Kier molecular flexibility index (Phi) is 6.79. The maximum absolute atomic E-state index is 13.6. The van der Waals surface area contributed by atoms with Crippen LogP contribution in [0.3, 0.4) is 0 Å². The van der Waals surface area contributed by atoms with Gasteiger partial charge in [-0.3, -0.25) is 4.79 Å². The molecule has 30 heavy (non-hydrogen) atoms. The number of benzene rings is 2. The molecule has 0 bridgehead atoms. The summed E-state index contributed by atoms with van der Waals surface area (Å²) in [5.74, 6) is -0.692. The van der Waals surface area contributed by atoms with Crippen LogP contribution < -0.4 is 10.1 Å². The Morgan fingerprint density at radius 2 is 2.03 bits per heavy atom. The van der Waals surface area contributed by atoms with E-state index in [0.29, 0.717) is 13.1 Å². The van der Waals surface area contributed by atoms with Crippen molar-refractivity contribution in [2.24, 2.45) is 0 Å². The number of likely N-dealkylation sites (N-methyl/N-ethyl adjacent to an activating group) is 1. The third-order valence-electron chi connectivity index (χ3n) is 5.23. The Morgan fingerprint density at radius 3 is 2.67 bits per heavy atom. The molecule has 1 atom stereocenters. The van der Waals surface area contributed by atoms with Crippen LogP contribution in [0.1, 0.15) is 17.9 Å². The van der Waals surface area contributed by atoms with Crippen LogP contribution in [0.25, 0.3) is 0 Å². The Balaban J connectivity index is 1.98. The maximum Gasteiger partial charge on any atom is 0.376 e. The van der Waals surface area contributed by atoms with E-state index in [4.69, 9.17) is 4.74 Å². The number of hydrogen-bond acceptors (Lipinski definition) is 6. The number of carbonyl (C=O) groups excluding carboxylic acids is 1. The van der Waals surface area contributed by atoms with Gasteiger partial charge in [0.2, 0.25) is 9.84 Å². The molecule has 1 heterocycles. The van der Waals surface area contributed by atoms with E-state index < -0.39 is 22.7 Å². The summed E-state index contributed by atoms with van der Waals surface area (Å²) >= 11 is 0. The molecular weight excluding hydrogens is 410 g/mol. The summed E-state index contributed by atoms with van der Waals surface area (Å²) in [6.07, 6.45) is 0.761. The third kappa shape index (κ3) is 4.83. The van der Waals surface area contributed by atoms with Gasteiger partial charge < -0.3 is 19.9 Å². The van der Waals surface area contributed by atoms with Gasteiger partial charge in [-0.15, -0.1) is 0 Å². The molecule has 1 saturated heterocycles. The molecule has 1 amide bonds. The second-order valence-electron chi connectivity index (χ2n) is 7.23. The first-order valence-electron chi connectivity index (χ1n) is 9.62. The van der Waals surface area contributed by atoms with Gasteiger partial charge in [0.25, 0.3) is 5.91 Å². The normalized spacial score (nSPS) is 17.0. The lowest BCUT2D eigenvalue weighted by molar-refractivity contribution is -0.122. The van der Waals surface area contributed by atoms with Gasteiger partial charge >= 0.3 is 7.05 Å². The highest BCUT2D eigenvalue weighted by Crippen LogP contribution is 2.36. The number of carbonyl (C=O) groups is 1. The van der Waals surface area contributed by atoms with Crippen molar-refractivity contribution in [2.45, 2.75) is 29.0 Å². The molecule has 1 aliphatic rings. The molecule has 0 aromatic heterocycles. The van der Waals surface area contributed by atoms with Gasteiger partial charge in [0, 0.05) is 13.0 Å². The fourth-order valence-electron chi connectivity index (χ4n) is 3.51. The predicted octanol–water partition coefficient (Wildman–Crippen LogP) is 1.68. The van der Waals surface area contributed by atoms with E-state index in [-0.39, 0.29) is 34.0 Å². The number of nitrogens with zero attached hydrogens (tertiary/aromatic N) is 1. The molecule has 1 unspecified atom stereocenters. The first-order valence-corrected chi connectivity index (χ1v) is 11.1. The topological polar surface area (TPSA) is 95.9 Å². The number of sulfone groups is 1. The molecule has 10 heteroatoms. The van der Waals surface area contributed by atoms with Crippen molar-refractivity contribution in [1.82, 2.24) is 10.1 Å². The van der Waals surface area contributed by atoms with Crippen molar-refractivity contribution < 1.29 is 27.4 Å². The third-order valence-corrected chi connectivity index (χ3v) is 6.98. The number of ether oxygens (including phenoxy) is 1. The van der Waals surface area contributed by atoms with E-state index in [1.807, 2.05) is 4.81 Å². The highest BCUT2D eigenvalue weighted by molar-refractivity contribution is 7.91. The highest BCUT2D eigenvalue weighted by Gasteiger charge is 2.31. The Hall–Kier alpha value is -2.43. The average Bonchev–Trinajstić information content (AvgIpc) is 3.22. The van der Waals surface area contributed by atoms with Crippen LogP contribution >= 0.6 is 0 Å². The molecule has 160 valence electrons. The van der Waals surface area contributed by atoms with Crippen LogP contribution in [-0.4, -0.2) is 58.0 Å². The lowest BCUT2D eigenvalue weighted by Gasteiger charge is -2.19. The highest BCUT2D eigenvalue weighted by atomic mass is 32.2. The van der Waals surface area contributed by atoms with E-state index in [1.165, 1.54) is 37.4 Å². The Bertz CT molecular complexity index is 1030. The van der Waals surface area contributed by atoms with Crippen LogP contribution in [0.2, 0.25) is 6.82 Å². The average molecular weight is 434 g/mol. The molecule has 0 radical (unpaired) electrons. The zero-order valence-electron chi connectivity index (χ0n) is 16.8. The summed E-state index contributed by atoms with van der Waals surface area (Å²) in [6.45, 7) is 2.71. The van der Waals surface area contributed by atoms with E-state index in [0.717, 1.165) is 18.1 Å². The smallest absolute Gasteiger partial charge is 0.376 e. The summed E-state index contributed by atoms with van der Waals surface area (Å²) in [7, 11) is -3.07. The quantitative estimate of drug-likeness (QED) is 0.644. The molecule has 2 aromatic rings. The predicted molar refractivity (Wildman–Crippen MR) is 111 cm³/mol. The summed E-state index contributed by atoms with van der Waals surface area (Å²) in [5.41, 5.74) is 0.764. The first kappa shape index (κ1) is 22.3. The zero-order valence-corrected chi connectivity index (χ0v) is 17.7. The van der Waals surface area contributed by atoms with Gasteiger partial charge in [0.1, 0.15) is 11.6 Å². The fourth-order valence-corrected chi connectivity index (χ4v) is 4.82. The number of hydrogen-bond donors (Lipinski definition) is 2. The van der Waals surface area contributed by atoms with Crippen molar-refractivity contribution in [1.29, 1.82) is 0 Å². The standard InChI is InChI=1S/C20H24BFN2O5S/c1-21(26)24-9-8-14(12-24)18-7-6-17(11-19(18)29-13-20(25)23-2)30(27,28)16-5-3-4-15(22)10-16/h3-7,10-11,14,26H,8-9,12-13H2,1-2H3,(H,23,25). The van der Waals surface area contributed by atoms with Crippen LogP contribution in [-0.2, 0) is 14.6 Å². The van der Waals surface area contributed by atoms with Crippen LogP contribution in [0.5, 0.6) is 5.75 Å². The number of halogens is 1. The molecule has 1 fully saturated rings. The summed E-state index contributed by atoms with van der Waals surface area (Å²) in [5, 5.41) is 12.3. The van der Waals surface area contributed by atoms with E-state index in [9.17, 15) is 22.6 Å². The van der Waals surface area contributed by atoms with Crippen molar-refractivity contribution in [3.8, 4) is 5.75 Å². The number of rotatable bonds is 7. The molecule has 2 aromatic carbocycles. The van der Waals surface area contributed by atoms with Gasteiger partial charge in [-0.1, -0.05) is 12.1 Å². The van der Waals surface area contributed by atoms with Crippen molar-refractivity contribution in [3.05, 3.63) is 53.8 Å². The minimum atomic E-state index is -3.96. The largest absolute Gasteiger partial charge is 0.483 e. The summed E-state index contributed by atoms with van der Waals surface area (Å²) < 4.78 is 45.1. The zero-order chi connectivity index (χ0) is 21.9. The number of nitrogens with one attached hydrogen (secondary N) is 1. The van der Waals surface area contributed by atoms with Gasteiger partial charge in [-0.2, -0.15) is 0 Å². The second-order valence-corrected chi connectivity index (χ2v) is 9.18. The van der Waals surface area contributed by atoms with Crippen molar-refractivity contribution in [2.75, 3.05) is 26.7 Å². The summed E-state index contributed by atoms with van der Waals surface area (Å²) in [4.78, 5) is 13.4. The van der Waals surface area contributed by atoms with Gasteiger partial charge in [-0.05, 0) is 62.2 Å². The Morgan fingerprint density at radius 1 is 1.30 bits per heavy atom. The first-order chi connectivity index (χ1) is 14.2. The van der Waals surface area contributed by atoms with Gasteiger partial charge in [-0.25, -0.2) is 12.8 Å².